The van der Waals surface area contributed by atoms with Crippen LogP contribution in [0, 0.1) is 11.8 Å². The van der Waals surface area contributed by atoms with Crippen molar-refractivity contribution in [3.63, 3.8) is 0 Å². The van der Waals surface area contributed by atoms with Crippen molar-refractivity contribution in [3.8, 4) is 0 Å². The molecule has 0 radical (unpaired) electrons. The highest BCUT2D eigenvalue weighted by Crippen LogP contribution is 2.29. The van der Waals surface area contributed by atoms with Crippen LogP contribution in [0.2, 0.25) is 0 Å². The van der Waals surface area contributed by atoms with Crippen molar-refractivity contribution in [2.75, 3.05) is 19.6 Å². The smallest absolute Gasteiger partial charge is 0.230 e. The zero-order valence-corrected chi connectivity index (χ0v) is 14.5. The fourth-order valence-corrected chi connectivity index (χ4v) is 3.63. The lowest BCUT2D eigenvalue weighted by Crippen LogP contribution is -2.47. The van der Waals surface area contributed by atoms with E-state index >= 15 is 0 Å². The fraction of sp³-hybridized carbons (Fsp3) is 0.650. The van der Waals surface area contributed by atoms with Gasteiger partial charge in [-0.3, -0.25) is 4.79 Å². The number of nitrogens with one attached hydrogen (secondary N) is 1. The molecule has 1 aliphatic carbocycles. The van der Waals surface area contributed by atoms with Crippen molar-refractivity contribution in [2.45, 2.75) is 51.5 Å². The predicted molar refractivity (Wildman–Crippen MR) is 94.3 cm³/mol. The molecule has 0 aromatic heterocycles. The van der Waals surface area contributed by atoms with E-state index in [9.17, 15) is 4.79 Å². The third kappa shape index (κ3) is 4.35. The zero-order chi connectivity index (χ0) is 16.2. The van der Waals surface area contributed by atoms with Crippen LogP contribution in [0.25, 0.3) is 0 Å². The number of carbonyl (C=O) groups is 1. The van der Waals surface area contributed by atoms with Gasteiger partial charge in [0.05, 0.1) is 5.92 Å². The molecule has 1 N–H and O–H groups in total. The van der Waals surface area contributed by atoms with Gasteiger partial charge in [0.25, 0.3) is 0 Å². The van der Waals surface area contributed by atoms with Gasteiger partial charge in [-0.05, 0) is 49.6 Å². The summed E-state index contributed by atoms with van der Waals surface area (Å²) in [6.07, 6.45) is 4.99. The summed E-state index contributed by atoms with van der Waals surface area (Å²) in [6.45, 7) is 7.28. The zero-order valence-electron chi connectivity index (χ0n) is 14.5. The Kier molecular flexibility index (Phi) is 5.37. The Labute approximate surface area is 140 Å². The molecule has 1 saturated heterocycles. The molecule has 2 aliphatic rings. The average Bonchev–Trinajstić information content (AvgIpc) is 3.38. The second-order valence-electron chi connectivity index (χ2n) is 7.58. The number of nitrogens with zero attached hydrogens (tertiary/aromatic N) is 1. The quantitative estimate of drug-likeness (QED) is 0.872. The van der Waals surface area contributed by atoms with Gasteiger partial charge < -0.3 is 10.2 Å². The summed E-state index contributed by atoms with van der Waals surface area (Å²) < 4.78 is 0. The molecule has 1 heterocycles. The lowest BCUT2D eigenvalue weighted by molar-refractivity contribution is -0.135. The summed E-state index contributed by atoms with van der Waals surface area (Å²) in [5.41, 5.74) is 1.15. The molecule has 1 aromatic carbocycles. The second-order valence-corrected chi connectivity index (χ2v) is 7.58. The van der Waals surface area contributed by atoms with Crippen LogP contribution in [0.15, 0.2) is 30.3 Å². The van der Waals surface area contributed by atoms with Crippen LogP contribution in [0.3, 0.4) is 0 Å². The molecule has 0 spiro atoms. The highest BCUT2D eigenvalue weighted by Gasteiger charge is 2.31. The number of hydrogen-bond donors (Lipinski definition) is 1. The highest BCUT2D eigenvalue weighted by molar-refractivity contribution is 5.84. The molecule has 3 rings (SSSR count). The molecule has 1 aromatic rings. The van der Waals surface area contributed by atoms with Gasteiger partial charge in [-0.1, -0.05) is 44.2 Å². The van der Waals surface area contributed by atoms with Crippen LogP contribution in [0.4, 0.5) is 0 Å². The molecule has 1 atom stereocenters. The van der Waals surface area contributed by atoms with Crippen LogP contribution in [-0.2, 0) is 4.79 Å². The minimum absolute atomic E-state index is 0.00725. The summed E-state index contributed by atoms with van der Waals surface area (Å²) in [4.78, 5) is 15.1. The maximum Gasteiger partial charge on any atom is 0.230 e. The Morgan fingerprint density at radius 1 is 1.13 bits per heavy atom. The monoisotopic (exact) mass is 314 g/mol. The van der Waals surface area contributed by atoms with Gasteiger partial charge in [0, 0.05) is 19.1 Å². The minimum Gasteiger partial charge on any atom is -0.342 e. The normalized spacial score (nSPS) is 20.7. The second kappa shape index (κ2) is 7.48. The van der Waals surface area contributed by atoms with Gasteiger partial charge in [0.15, 0.2) is 0 Å². The predicted octanol–water partition coefficient (Wildman–Crippen LogP) is 3.42. The lowest BCUT2D eigenvalue weighted by atomic mass is 9.86. The van der Waals surface area contributed by atoms with Crippen molar-refractivity contribution in [3.05, 3.63) is 35.9 Å². The van der Waals surface area contributed by atoms with E-state index in [1.807, 2.05) is 18.2 Å². The topological polar surface area (TPSA) is 32.3 Å². The first kappa shape index (κ1) is 16.5. The van der Waals surface area contributed by atoms with E-state index in [0.717, 1.165) is 37.4 Å². The van der Waals surface area contributed by atoms with Crippen molar-refractivity contribution in [2.24, 2.45) is 11.8 Å². The maximum atomic E-state index is 13.0. The number of piperidine rings is 1. The fourth-order valence-electron chi connectivity index (χ4n) is 3.63. The first-order valence-corrected chi connectivity index (χ1v) is 9.22. The van der Waals surface area contributed by atoms with Crippen LogP contribution in [0.5, 0.6) is 0 Å². The van der Waals surface area contributed by atoms with E-state index in [1.54, 1.807) is 0 Å². The molecule has 1 amide bonds. The van der Waals surface area contributed by atoms with Gasteiger partial charge in [-0.15, -0.1) is 0 Å². The van der Waals surface area contributed by atoms with E-state index in [2.05, 4.69) is 36.2 Å². The third-order valence-electron chi connectivity index (χ3n) is 5.29. The van der Waals surface area contributed by atoms with Gasteiger partial charge in [0.2, 0.25) is 5.91 Å². The van der Waals surface area contributed by atoms with Gasteiger partial charge in [-0.2, -0.15) is 0 Å². The van der Waals surface area contributed by atoms with Crippen LogP contribution < -0.4 is 5.32 Å². The molecule has 1 aliphatic heterocycles. The standard InChI is InChI=1S/C20H30N2O/c1-15(2)19(17-6-4-3-5-7-17)20(23)22-12-10-18(11-13-22)21-14-16-8-9-16/h3-7,15-16,18-19,21H,8-14H2,1-2H3. The van der Waals surface area contributed by atoms with E-state index < -0.39 is 0 Å². The molecule has 3 nitrogen and oxygen atoms in total. The summed E-state index contributed by atoms with van der Waals surface area (Å²) in [7, 11) is 0. The molecule has 23 heavy (non-hydrogen) atoms. The Morgan fingerprint density at radius 3 is 2.35 bits per heavy atom. The van der Waals surface area contributed by atoms with Gasteiger partial charge in [-0.25, -0.2) is 0 Å². The molecule has 126 valence electrons. The molecular formula is C20H30N2O. The number of rotatable bonds is 6. The van der Waals surface area contributed by atoms with E-state index in [0.29, 0.717) is 17.9 Å². The van der Waals surface area contributed by atoms with Crippen molar-refractivity contribution < 1.29 is 4.79 Å². The first-order chi connectivity index (χ1) is 11.1. The summed E-state index contributed by atoms with van der Waals surface area (Å²) in [5, 5.41) is 3.69. The van der Waals surface area contributed by atoms with Crippen LogP contribution in [-0.4, -0.2) is 36.5 Å². The van der Waals surface area contributed by atoms with Gasteiger partial charge >= 0.3 is 0 Å². The Bertz CT molecular complexity index is 502. The van der Waals surface area contributed by atoms with E-state index in [1.165, 1.54) is 19.4 Å². The SMILES string of the molecule is CC(C)C(C(=O)N1CCC(NCC2CC2)CC1)c1ccccc1. The molecular weight excluding hydrogens is 284 g/mol. The van der Waals surface area contributed by atoms with E-state index in [4.69, 9.17) is 0 Å². The highest BCUT2D eigenvalue weighted by atomic mass is 16.2. The number of carbonyl (C=O) groups excluding carboxylic acids is 1. The Balaban J connectivity index is 1.56. The Morgan fingerprint density at radius 2 is 1.78 bits per heavy atom. The minimum atomic E-state index is -0.00725. The number of amides is 1. The largest absolute Gasteiger partial charge is 0.342 e. The Hall–Kier alpha value is -1.35. The number of hydrogen-bond acceptors (Lipinski definition) is 2. The average molecular weight is 314 g/mol. The lowest BCUT2D eigenvalue weighted by Gasteiger charge is -2.35. The molecule has 3 heteroatoms. The van der Waals surface area contributed by atoms with Crippen LogP contribution >= 0.6 is 0 Å². The summed E-state index contributed by atoms with van der Waals surface area (Å²) in [6, 6.07) is 10.9. The molecule has 1 unspecified atom stereocenters. The summed E-state index contributed by atoms with van der Waals surface area (Å²) >= 11 is 0. The van der Waals surface area contributed by atoms with Crippen molar-refractivity contribution in [1.29, 1.82) is 0 Å². The third-order valence-corrected chi connectivity index (χ3v) is 5.29. The molecule has 0 bridgehead atoms. The van der Waals surface area contributed by atoms with E-state index in [-0.39, 0.29) is 5.92 Å². The molecule has 2 fully saturated rings. The van der Waals surface area contributed by atoms with Gasteiger partial charge in [0.1, 0.15) is 0 Å². The molecule has 1 saturated carbocycles. The number of benzene rings is 1. The summed E-state index contributed by atoms with van der Waals surface area (Å²) in [5.74, 6) is 1.56. The first-order valence-electron chi connectivity index (χ1n) is 9.22. The van der Waals surface area contributed by atoms with Crippen molar-refractivity contribution in [1.82, 2.24) is 10.2 Å². The van der Waals surface area contributed by atoms with Crippen molar-refractivity contribution >= 4 is 5.91 Å². The maximum absolute atomic E-state index is 13.0. The van der Waals surface area contributed by atoms with Crippen LogP contribution in [0.1, 0.15) is 51.0 Å². The number of likely N-dealkylation sites (tertiary alicyclic amines) is 1.